The Labute approximate surface area is 161 Å². The van der Waals surface area contributed by atoms with Gasteiger partial charge in [-0.1, -0.05) is 11.3 Å². The van der Waals surface area contributed by atoms with Gasteiger partial charge in [0.25, 0.3) is 5.91 Å². The number of H-pyrrole nitrogens is 1. The molecule has 3 amide bonds. The van der Waals surface area contributed by atoms with Crippen molar-refractivity contribution in [2.45, 2.75) is 32.0 Å². The number of hydrogen-bond donors (Lipinski definition) is 3. The predicted octanol–water partition coefficient (Wildman–Crippen LogP) is 0.472. The topological polar surface area (TPSA) is 111 Å². The molecular weight excluding hydrogens is 401 g/mol. The van der Waals surface area contributed by atoms with Crippen LogP contribution in [-0.2, 0) is 9.59 Å². The zero-order valence-electron chi connectivity index (χ0n) is 14.9. The van der Waals surface area contributed by atoms with Crippen LogP contribution < -0.4 is 15.5 Å². The number of alkyl halides is 3. The second kappa shape index (κ2) is 7.22. The molecular formula is C16H19F3N4O4S. The van der Waals surface area contributed by atoms with Crippen molar-refractivity contribution in [3.05, 3.63) is 20.7 Å². The first-order chi connectivity index (χ1) is 13.0. The Morgan fingerprint density at radius 2 is 2.04 bits per heavy atom. The van der Waals surface area contributed by atoms with Gasteiger partial charge in [-0.15, -0.1) is 0 Å². The zero-order valence-corrected chi connectivity index (χ0v) is 15.7. The highest BCUT2D eigenvalue weighted by Crippen LogP contribution is 2.35. The number of carbonyl (C=O) groups is 3. The lowest BCUT2D eigenvalue weighted by atomic mass is 9.81. The van der Waals surface area contributed by atoms with E-state index < -0.39 is 46.8 Å². The van der Waals surface area contributed by atoms with Gasteiger partial charge in [-0.05, 0) is 13.3 Å². The summed E-state index contributed by atoms with van der Waals surface area (Å²) in [6.07, 6.45) is -4.27. The van der Waals surface area contributed by atoms with Crippen molar-refractivity contribution in [2.24, 2.45) is 11.3 Å². The predicted molar refractivity (Wildman–Crippen MR) is 92.7 cm³/mol. The van der Waals surface area contributed by atoms with Crippen molar-refractivity contribution in [2.75, 3.05) is 19.6 Å². The molecule has 8 nitrogen and oxygen atoms in total. The molecule has 1 unspecified atom stereocenters. The van der Waals surface area contributed by atoms with E-state index in [0.717, 1.165) is 16.2 Å². The van der Waals surface area contributed by atoms with Crippen LogP contribution in [0.15, 0.2) is 10.2 Å². The fourth-order valence-electron chi connectivity index (χ4n) is 3.40. The molecule has 2 aliphatic rings. The number of rotatable bonds is 3. The van der Waals surface area contributed by atoms with Gasteiger partial charge in [-0.25, -0.2) is 0 Å². The van der Waals surface area contributed by atoms with Crippen LogP contribution in [0.25, 0.3) is 0 Å². The third kappa shape index (κ3) is 4.05. The molecule has 3 atom stereocenters. The Morgan fingerprint density at radius 3 is 2.57 bits per heavy atom. The van der Waals surface area contributed by atoms with Gasteiger partial charge >= 0.3 is 11.0 Å². The summed E-state index contributed by atoms with van der Waals surface area (Å²) in [7, 11) is 0. The minimum atomic E-state index is -4.61. The number of amides is 3. The standard InChI is InChI=1S/C16H19F3N4O4S/c1-15(3-2-11(24)20-7-15)13(26)21-9-5-23(4-8(9)16(17,18)19)12(25)10-6-28-14(27)22-10/h6,8-9H,2-5,7H2,1H3,(H,20,24)(H,21,26)(H,22,27)/t8-,9-,15?/m1/s1. The van der Waals surface area contributed by atoms with Gasteiger partial charge in [0.1, 0.15) is 5.69 Å². The highest BCUT2D eigenvalue weighted by molar-refractivity contribution is 7.07. The van der Waals surface area contributed by atoms with Crippen molar-refractivity contribution in [3.8, 4) is 0 Å². The molecule has 1 aromatic rings. The Bertz CT molecular complexity index is 839. The fourth-order valence-corrected chi connectivity index (χ4v) is 3.95. The van der Waals surface area contributed by atoms with Gasteiger partial charge in [-0.3, -0.25) is 19.2 Å². The molecule has 3 N–H and O–H groups in total. The van der Waals surface area contributed by atoms with E-state index in [1.807, 2.05) is 0 Å². The summed E-state index contributed by atoms with van der Waals surface area (Å²) in [6, 6.07) is -1.31. The third-order valence-electron chi connectivity index (χ3n) is 5.22. The first-order valence-electron chi connectivity index (χ1n) is 8.61. The maximum absolute atomic E-state index is 13.5. The molecule has 0 bridgehead atoms. The van der Waals surface area contributed by atoms with Crippen molar-refractivity contribution in [1.82, 2.24) is 20.5 Å². The van der Waals surface area contributed by atoms with E-state index in [-0.39, 0.29) is 37.5 Å². The van der Waals surface area contributed by atoms with E-state index in [1.54, 1.807) is 6.92 Å². The van der Waals surface area contributed by atoms with Crippen LogP contribution in [0.5, 0.6) is 0 Å². The number of nitrogens with one attached hydrogen (secondary N) is 3. The van der Waals surface area contributed by atoms with E-state index in [9.17, 15) is 32.3 Å². The number of aromatic nitrogens is 1. The van der Waals surface area contributed by atoms with Gasteiger partial charge in [0.2, 0.25) is 11.8 Å². The maximum Gasteiger partial charge on any atom is 0.395 e. The monoisotopic (exact) mass is 420 g/mol. The van der Waals surface area contributed by atoms with Crippen LogP contribution in [0.3, 0.4) is 0 Å². The number of halogens is 3. The average molecular weight is 420 g/mol. The summed E-state index contributed by atoms with van der Waals surface area (Å²) < 4.78 is 40.5. The highest BCUT2D eigenvalue weighted by Gasteiger charge is 2.52. The lowest BCUT2D eigenvalue weighted by Gasteiger charge is -2.34. The number of nitrogens with zero attached hydrogens (tertiary/aromatic N) is 1. The van der Waals surface area contributed by atoms with Gasteiger partial charge in [0.05, 0.1) is 17.4 Å². The summed E-state index contributed by atoms with van der Waals surface area (Å²) >= 11 is 0.743. The lowest BCUT2D eigenvalue weighted by molar-refractivity contribution is -0.176. The van der Waals surface area contributed by atoms with Crippen LogP contribution in [0.4, 0.5) is 13.2 Å². The van der Waals surface area contributed by atoms with E-state index in [0.29, 0.717) is 0 Å². The molecule has 0 spiro atoms. The Hall–Kier alpha value is -2.37. The van der Waals surface area contributed by atoms with Crippen molar-refractivity contribution >= 4 is 29.1 Å². The number of hydrogen-bond acceptors (Lipinski definition) is 5. The molecule has 2 saturated heterocycles. The number of piperidine rings is 1. The molecule has 28 heavy (non-hydrogen) atoms. The van der Waals surface area contributed by atoms with Crippen LogP contribution in [0, 0.1) is 11.3 Å². The SMILES string of the molecule is CC1(C(=O)N[C@@H]2CN(C(=O)c3csc(=O)[nH]3)C[C@H]2C(F)(F)F)CCC(=O)NC1. The van der Waals surface area contributed by atoms with Crippen LogP contribution >= 0.6 is 11.3 Å². The maximum atomic E-state index is 13.5. The van der Waals surface area contributed by atoms with Crippen LogP contribution in [0.1, 0.15) is 30.3 Å². The van der Waals surface area contributed by atoms with Crippen molar-refractivity contribution in [1.29, 1.82) is 0 Å². The molecule has 0 saturated carbocycles. The van der Waals surface area contributed by atoms with E-state index >= 15 is 0 Å². The molecule has 1 aromatic heterocycles. The summed E-state index contributed by atoms with van der Waals surface area (Å²) in [4.78, 5) is 50.3. The summed E-state index contributed by atoms with van der Waals surface area (Å²) in [5.41, 5.74) is -1.09. The van der Waals surface area contributed by atoms with Gasteiger partial charge in [0, 0.05) is 31.4 Å². The molecule has 154 valence electrons. The largest absolute Gasteiger partial charge is 0.395 e. The summed E-state index contributed by atoms with van der Waals surface area (Å²) in [5, 5.41) is 6.24. The summed E-state index contributed by atoms with van der Waals surface area (Å²) in [6.45, 7) is 0.686. The number of carbonyl (C=O) groups excluding carboxylic acids is 3. The second-order valence-corrected chi connectivity index (χ2v) is 8.18. The average Bonchev–Trinajstić information content (AvgIpc) is 3.23. The zero-order chi connectivity index (χ0) is 20.7. The fraction of sp³-hybridized carbons (Fsp3) is 0.625. The summed E-state index contributed by atoms with van der Waals surface area (Å²) in [5.74, 6) is -3.45. The van der Waals surface area contributed by atoms with Gasteiger partial charge in [0.15, 0.2) is 0 Å². The van der Waals surface area contributed by atoms with E-state index in [1.165, 1.54) is 5.38 Å². The minimum absolute atomic E-state index is 0.0415. The first kappa shape index (κ1) is 20.4. The number of likely N-dealkylation sites (tertiary alicyclic amines) is 1. The number of aromatic amines is 1. The molecule has 3 rings (SSSR count). The molecule has 2 aliphatic heterocycles. The molecule has 12 heteroatoms. The molecule has 0 aromatic carbocycles. The third-order valence-corrected chi connectivity index (χ3v) is 5.89. The van der Waals surface area contributed by atoms with E-state index in [2.05, 4.69) is 15.6 Å². The first-order valence-corrected chi connectivity index (χ1v) is 9.49. The van der Waals surface area contributed by atoms with Crippen molar-refractivity contribution in [3.63, 3.8) is 0 Å². The number of thiazole rings is 1. The smallest absolute Gasteiger partial charge is 0.355 e. The Morgan fingerprint density at radius 1 is 1.32 bits per heavy atom. The normalized spacial score (nSPS) is 28.1. The molecule has 3 heterocycles. The quantitative estimate of drug-likeness (QED) is 0.660. The van der Waals surface area contributed by atoms with Crippen LogP contribution in [0.2, 0.25) is 0 Å². The Balaban J connectivity index is 1.74. The Kier molecular flexibility index (Phi) is 5.26. The highest BCUT2D eigenvalue weighted by atomic mass is 32.1. The molecule has 0 radical (unpaired) electrons. The molecule has 0 aliphatic carbocycles. The van der Waals surface area contributed by atoms with Gasteiger partial charge in [-0.2, -0.15) is 13.2 Å². The van der Waals surface area contributed by atoms with Crippen LogP contribution in [-0.4, -0.2) is 59.5 Å². The lowest BCUT2D eigenvalue weighted by Crippen LogP contribution is -2.55. The molecule has 2 fully saturated rings. The second-order valence-electron chi connectivity index (χ2n) is 7.34. The van der Waals surface area contributed by atoms with Crippen molar-refractivity contribution < 1.29 is 27.6 Å². The minimum Gasteiger partial charge on any atom is -0.355 e. The van der Waals surface area contributed by atoms with Gasteiger partial charge < -0.3 is 20.5 Å². The van der Waals surface area contributed by atoms with E-state index in [4.69, 9.17) is 0 Å².